The number of hydrogen-bond donors (Lipinski definition) is 1. The number of fused-ring (bicyclic) bond motifs is 1. The van der Waals surface area contributed by atoms with Crippen LogP contribution in [-0.2, 0) is 0 Å². The normalized spacial score (nSPS) is 15.3. The molecule has 4 rings (SSSR count). The highest BCUT2D eigenvalue weighted by Crippen LogP contribution is 2.30. The summed E-state index contributed by atoms with van der Waals surface area (Å²) in [5, 5.41) is 5.76. The van der Waals surface area contributed by atoms with Crippen molar-refractivity contribution in [1.82, 2.24) is 9.78 Å². The van der Waals surface area contributed by atoms with Crippen LogP contribution in [0, 0.1) is 5.92 Å². The van der Waals surface area contributed by atoms with Crippen LogP contribution in [0.1, 0.15) is 19.8 Å². The second-order valence-corrected chi connectivity index (χ2v) is 6.83. The average molecular weight is 337 g/mol. The molecule has 5 nitrogen and oxygen atoms in total. The van der Waals surface area contributed by atoms with Gasteiger partial charge in [0, 0.05) is 23.7 Å². The van der Waals surface area contributed by atoms with Gasteiger partial charge >= 0.3 is 0 Å². The molecule has 1 aliphatic rings. The van der Waals surface area contributed by atoms with E-state index in [0.717, 1.165) is 40.6 Å². The van der Waals surface area contributed by atoms with E-state index >= 15 is 0 Å². The number of nitrogens with zero attached hydrogens (tertiary/aromatic N) is 2. The van der Waals surface area contributed by atoms with E-state index in [1.165, 1.54) is 12.8 Å². The van der Waals surface area contributed by atoms with Crippen LogP contribution in [0.4, 0.5) is 0 Å². The van der Waals surface area contributed by atoms with E-state index in [2.05, 4.69) is 11.2 Å². The molecular formula is C20H23N3O2. The van der Waals surface area contributed by atoms with E-state index in [-0.39, 0.29) is 6.04 Å². The van der Waals surface area contributed by atoms with E-state index < -0.39 is 0 Å². The van der Waals surface area contributed by atoms with Crippen molar-refractivity contribution in [2.24, 2.45) is 11.7 Å². The molecule has 1 atom stereocenters. The van der Waals surface area contributed by atoms with Gasteiger partial charge in [-0.25, -0.2) is 4.68 Å². The van der Waals surface area contributed by atoms with E-state index in [9.17, 15) is 0 Å². The zero-order chi connectivity index (χ0) is 17.2. The summed E-state index contributed by atoms with van der Waals surface area (Å²) < 4.78 is 13.3. The summed E-state index contributed by atoms with van der Waals surface area (Å²) in [6.07, 6.45) is 4.61. The van der Waals surface area contributed by atoms with Gasteiger partial charge < -0.3 is 15.2 Å². The molecule has 1 fully saturated rings. The highest BCUT2D eigenvalue weighted by molar-refractivity contribution is 5.80. The van der Waals surface area contributed by atoms with Crippen LogP contribution in [0.2, 0.25) is 0 Å². The summed E-state index contributed by atoms with van der Waals surface area (Å²) in [6, 6.07) is 14.0. The molecule has 25 heavy (non-hydrogen) atoms. The minimum Gasteiger partial charge on any atom is -0.493 e. The van der Waals surface area contributed by atoms with Crippen LogP contribution in [0.5, 0.6) is 11.5 Å². The van der Waals surface area contributed by atoms with Crippen molar-refractivity contribution < 1.29 is 9.47 Å². The Kier molecular flexibility index (Phi) is 4.32. The van der Waals surface area contributed by atoms with Crippen LogP contribution in [0.25, 0.3) is 16.6 Å². The van der Waals surface area contributed by atoms with Crippen molar-refractivity contribution in [3.8, 4) is 17.2 Å². The van der Waals surface area contributed by atoms with Crippen LogP contribution in [0.15, 0.2) is 48.7 Å². The fraction of sp³-hybridized carbons (Fsp3) is 0.350. The highest BCUT2D eigenvalue weighted by Gasteiger charge is 2.21. The molecule has 0 bridgehead atoms. The highest BCUT2D eigenvalue weighted by atomic mass is 16.5. The third kappa shape index (κ3) is 3.94. The first-order valence-electron chi connectivity index (χ1n) is 8.78. The molecule has 0 spiro atoms. The second kappa shape index (κ2) is 6.76. The maximum Gasteiger partial charge on any atom is 0.121 e. The van der Waals surface area contributed by atoms with Gasteiger partial charge in [0.1, 0.15) is 18.1 Å². The molecular weight excluding hydrogens is 314 g/mol. The number of rotatable bonds is 7. The lowest BCUT2D eigenvalue weighted by Gasteiger charge is -2.09. The summed E-state index contributed by atoms with van der Waals surface area (Å²) in [4.78, 5) is 0. The molecule has 0 amide bonds. The molecule has 3 aromatic rings. The first kappa shape index (κ1) is 16.0. The molecule has 2 aromatic carbocycles. The van der Waals surface area contributed by atoms with E-state index in [1.54, 1.807) is 0 Å². The van der Waals surface area contributed by atoms with Gasteiger partial charge in [-0.2, -0.15) is 5.10 Å². The summed E-state index contributed by atoms with van der Waals surface area (Å²) in [5.41, 5.74) is 7.63. The molecule has 1 aromatic heterocycles. The van der Waals surface area contributed by atoms with Crippen molar-refractivity contribution in [3.05, 3.63) is 48.7 Å². The van der Waals surface area contributed by atoms with Gasteiger partial charge in [-0.05, 0) is 62.1 Å². The fourth-order valence-electron chi connectivity index (χ4n) is 2.64. The Morgan fingerprint density at radius 2 is 1.88 bits per heavy atom. The fourth-order valence-corrected chi connectivity index (χ4v) is 2.64. The smallest absolute Gasteiger partial charge is 0.121 e. The molecule has 0 saturated heterocycles. The van der Waals surface area contributed by atoms with Crippen LogP contribution < -0.4 is 15.2 Å². The summed E-state index contributed by atoms with van der Waals surface area (Å²) in [5.74, 6) is 2.45. The lowest BCUT2D eigenvalue weighted by atomic mass is 10.2. The molecule has 1 aliphatic carbocycles. The monoisotopic (exact) mass is 337 g/mol. The van der Waals surface area contributed by atoms with Crippen molar-refractivity contribution in [2.75, 3.05) is 13.2 Å². The maximum atomic E-state index is 5.84. The molecule has 1 unspecified atom stereocenters. The standard InChI is InChI=1S/C20H23N3O2/c1-14(21)12-24-18-8-5-17(6-9-18)23-11-16-4-7-19(10-20(16)22-23)25-13-15-2-3-15/h4-11,14-15H,2-3,12-13,21H2,1H3. The van der Waals surface area contributed by atoms with E-state index in [1.807, 2.05) is 54.2 Å². The van der Waals surface area contributed by atoms with Gasteiger partial charge in [0.15, 0.2) is 0 Å². The first-order chi connectivity index (χ1) is 12.2. The summed E-state index contributed by atoms with van der Waals surface area (Å²) in [6.45, 7) is 3.25. The third-order valence-corrected chi connectivity index (χ3v) is 4.28. The Balaban J connectivity index is 1.50. The van der Waals surface area contributed by atoms with Gasteiger partial charge in [0.05, 0.1) is 17.8 Å². The molecule has 1 heterocycles. The zero-order valence-electron chi connectivity index (χ0n) is 14.4. The Morgan fingerprint density at radius 3 is 2.60 bits per heavy atom. The Hall–Kier alpha value is -2.53. The largest absolute Gasteiger partial charge is 0.493 e. The first-order valence-corrected chi connectivity index (χ1v) is 8.78. The third-order valence-electron chi connectivity index (χ3n) is 4.28. The zero-order valence-corrected chi connectivity index (χ0v) is 14.4. The van der Waals surface area contributed by atoms with Crippen LogP contribution >= 0.6 is 0 Å². The van der Waals surface area contributed by atoms with Crippen LogP contribution in [0.3, 0.4) is 0 Å². The summed E-state index contributed by atoms with van der Waals surface area (Å²) >= 11 is 0. The number of aromatic nitrogens is 2. The van der Waals surface area contributed by atoms with Gasteiger partial charge in [-0.15, -0.1) is 0 Å². The molecule has 0 aliphatic heterocycles. The minimum atomic E-state index is 0.0208. The van der Waals surface area contributed by atoms with Gasteiger partial charge in [0.25, 0.3) is 0 Å². The maximum absolute atomic E-state index is 5.84. The van der Waals surface area contributed by atoms with E-state index in [4.69, 9.17) is 15.2 Å². The number of nitrogens with two attached hydrogens (primary N) is 1. The van der Waals surface area contributed by atoms with Gasteiger partial charge in [-0.3, -0.25) is 0 Å². The molecule has 1 saturated carbocycles. The topological polar surface area (TPSA) is 62.3 Å². The van der Waals surface area contributed by atoms with Crippen LogP contribution in [-0.4, -0.2) is 29.0 Å². The second-order valence-electron chi connectivity index (χ2n) is 6.83. The average Bonchev–Trinajstić information content (AvgIpc) is 3.35. The number of ether oxygens (including phenoxy) is 2. The molecule has 0 radical (unpaired) electrons. The molecule has 2 N–H and O–H groups in total. The minimum absolute atomic E-state index is 0.0208. The summed E-state index contributed by atoms with van der Waals surface area (Å²) in [7, 11) is 0. The van der Waals surface area contributed by atoms with Crippen molar-refractivity contribution in [2.45, 2.75) is 25.8 Å². The lowest BCUT2D eigenvalue weighted by Crippen LogP contribution is -2.23. The van der Waals surface area contributed by atoms with E-state index in [0.29, 0.717) is 6.61 Å². The quantitative estimate of drug-likeness (QED) is 0.716. The predicted molar refractivity (Wildman–Crippen MR) is 98.4 cm³/mol. The van der Waals surface area contributed by atoms with Gasteiger partial charge in [-0.1, -0.05) is 0 Å². The lowest BCUT2D eigenvalue weighted by molar-refractivity contribution is 0.296. The molecule has 5 heteroatoms. The van der Waals surface area contributed by atoms with Gasteiger partial charge in [0.2, 0.25) is 0 Å². The number of benzene rings is 2. The van der Waals surface area contributed by atoms with Crippen molar-refractivity contribution in [3.63, 3.8) is 0 Å². The van der Waals surface area contributed by atoms with Crippen molar-refractivity contribution in [1.29, 1.82) is 0 Å². The Morgan fingerprint density at radius 1 is 1.12 bits per heavy atom. The SMILES string of the molecule is CC(N)COc1ccc(-n2cc3ccc(OCC4CC4)cc3n2)cc1. The predicted octanol–water partition coefficient (Wildman–Crippen LogP) is 3.54. The number of hydrogen-bond acceptors (Lipinski definition) is 4. The Labute approximate surface area is 147 Å². The Bertz CT molecular complexity index is 851. The van der Waals surface area contributed by atoms with Crippen molar-refractivity contribution >= 4 is 10.9 Å². The molecule has 130 valence electrons.